The van der Waals surface area contributed by atoms with E-state index in [0.717, 1.165) is 44.1 Å². The first-order chi connectivity index (χ1) is 14.1. The summed E-state index contributed by atoms with van der Waals surface area (Å²) in [6.45, 7) is 1.09. The largest absolute Gasteiger partial charge is 0.356 e. The second-order valence-electron chi connectivity index (χ2n) is 7.77. The van der Waals surface area contributed by atoms with E-state index in [2.05, 4.69) is 22.8 Å². The lowest BCUT2D eigenvalue weighted by atomic mass is 9.81. The fraction of sp³-hybridized carbons (Fsp3) is 0.417. The second-order valence-corrected chi connectivity index (χ2v) is 7.77. The fourth-order valence-electron chi connectivity index (χ4n) is 3.85. The molecule has 2 aromatic rings. The summed E-state index contributed by atoms with van der Waals surface area (Å²) < 4.78 is 12.9. The number of nitrogens with one attached hydrogen (secondary N) is 2. The van der Waals surface area contributed by atoms with Gasteiger partial charge in [-0.15, -0.1) is 0 Å². The molecule has 4 nitrogen and oxygen atoms in total. The van der Waals surface area contributed by atoms with Crippen LogP contribution in [0.4, 0.5) is 4.39 Å². The minimum absolute atomic E-state index is 0.00729. The van der Waals surface area contributed by atoms with Gasteiger partial charge in [0.1, 0.15) is 5.82 Å². The van der Waals surface area contributed by atoms with E-state index in [1.165, 1.54) is 17.7 Å². The maximum atomic E-state index is 12.9. The Labute approximate surface area is 171 Å². The zero-order valence-corrected chi connectivity index (χ0v) is 16.7. The number of aryl methyl sites for hydroxylation is 1. The maximum absolute atomic E-state index is 12.9. The third-order valence-electron chi connectivity index (χ3n) is 5.63. The number of amides is 2. The Bertz CT molecular complexity index is 784. The van der Waals surface area contributed by atoms with Gasteiger partial charge in [-0.1, -0.05) is 42.5 Å². The highest BCUT2D eigenvalue weighted by atomic mass is 19.1. The van der Waals surface area contributed by atoms with E-state index in [1.54, 1.807) is 12.1 Å². The number of hydrogen-bond donors (Lipinski definition) is 2. The van der Waals surface area contributed by atoms with Crippen molar-refractivity contribution in [3.63, 3.8) is 0 Å². The Morgan fingerprint density at radius 2 is 1.38 bits per heavy atom. The Kier molecular flexibility index (Phi) is 7.79. The van der Waals surface area contributed by atoms with Crippen LogP contribution in [0.3, 0.4) is 0 Å². The molecule has 1 aliphatic carbocycles. The molecule has 1 aliphatic rings. The Balaban J connectivity index is 1.32. The first kappa shape index (κ1) is 21.0. The molecule has 0 aromatic heterocycles. The average Bonchev–Trinajstić information content (AvgIpc) is 2.77. The summed E-state index contributed by atoms with van der Waals surface area (Å²) in [6.07, 6.45) is 4.85. The topological polar surface area (TPSA) is 58.2 Å². The summed E-state index contributed by atoms with van der Waals surface area (Å²) in [6, 6.07) is 16.4. The first-order valence-electron chi connectivity index (χ1n) is 10.5. The third kappa shape index (κ3) is 6.70. The number of benzene rings is 2. The van der Waals surface area contributed by atoms with Crippen molar-refractivity contribution in [3.05, 3.63) is 71.5 Å². The number of rotatable bonds is 8. The summed E-state index contributed by atoms with van der Waals surface area (Å²) in [7, 11) is 0. The molecule has 0 bridgehead atoms. The lowest BCUT2D eigenvalue weighted by Crippen LogP contribution is -2.37. The SMILES string of the molecule is O=C(NCCCc1ccccc1)C1CCC(C(=O)NCc2ccc(F)cc2)CC1. The van der Waals surface area contributed by atoms with Gasteiger partial charge in [-0.2, -0.15) is 0 Å². The molecule has 2 amide bonds. The smallest absolute Gasteiger partial charge is 0.223 e. The van der Waals surface area contributed by atoms with Crippen LogP contribution in [-0.4, -0.2) is 18.4 Å². The monoisotopic (exact) mass is 396 g/mol. The molecule has 0 unspecified atom stereocenters. The van der Waals surface area contributed by atoms with Gasteiger partial charge in [0.05, 0.1) is 0 Å². The van der Waals surface area contributed by atoms with Crippen molar-refractivity contribution in [1.29, 1.82) is 0 Å². The second kappa shape index (κ2) is 10.7. The van der Waals surface area contributed by atoms with Crippen molar-refractivity contribution >= 4 is 11.8 Å². The molecule has 0 aliphatic heterocycles. The van der Waals surface area contributed by atoms with Crippen molar-refractivity contribution in [2.24, 2.45) is 11.8 Å². The lowest BCUT2D eigenvalue weighted by molar-refractivity contribution is -0.130. The zero-order valence-electron chi connectivity index (χ0n) is 16.7. The van der Waals surface area contributed by atoms with Gasteiger partial charge >= 0.3 is 0 Å². The summed E-state index contributed by atoms with van der Waals surface area (Å²) in [5, 5.41) is 5.98. The molecule has 0 heterocycles. The van der Waals surface area contributed by atoms with Crippen LogP contribution in [0.25, 0.3) is 0 Å². The van der Waals surface area contributed by atoms with Crippen molar-refractivity contribution in [2.75, 3.05) is 6.54 Å². The summed E-state index contributed by atoms with van der Waals surface area (Å²) in [5.41, 5.74) is 2.16. The molecule has 5 heteroatoms. The third-order valence-corrected chi connectivity index (χ3v) is 5.63. The minimum Gasteiger partial charge on any atom is -0.356 e. The van der Waals surface area contributed by atoms with E-state index in [1.807, 2.05) is 18.2 Å². The predicted octanol–water partition coefficient (Wildman–Crippen LogP) is 4.00. The van der Waals surface area contributed by atoms with Gasteiger partial charge in [0.25, 0.3) is 0 Å². The Morgan fingerprint density at radius 1 is 0.793 bits per heavy atom. The van der Waals surface area contributed by atoms with Gasteiger partial charge in [0.2, 0.25) is 11.8 Å². The van der Waals surface area contributed by atoms with Gasteiger partial charge < -0.3 is 10.6 Å². The van der Waals surface area contributed by atoms with E-state index in [4.69, 9.17) is 0 Å². The molecule has 2 N–H and O–H groups in total. The average molecular weight is 397 g/mol. The van der Waals surface area contributed by atoms with E-state index < -0.39 is 0 Å². The molecule has 3 rings (SSSR count). The minimum atomic E-state index is -0.281. The predicted molar refractivity (Wildman–Crippen MR) is 111 cm³/mol. The molecular formula is C24H29FN2O2. The van der Waals surface area contributed by atoms with Gasteiger partial charge in [-0.05, 0) is 61.8 Å². The van der Waals surface area contributed by atoms with Crippen molar-refractivity contribution in [3.8, 4) is 0 Å². The number of carbonyl (C=O) groups is 2. The van der Waals surface area contributed by atoms with Crippen LogP contribution in [0.15, 0.2) is 54.6 Å². The van der Waals surface area contributed by atoms with E-state index >= 15 is 0 Å². The molecule has 0 saturated heterocycles. The standard InChI is InChI=1S/C24H29FN2O2/c25-22-14-8-19(9-15-22)17-27-24(29)21-12-10-20(11-13-21)23(28)26-16-4-7-18-5-2-1-3-6-18/h1-3,5-6,8-9,14-15,20-21H,4,7,10-13,16-17H2,(H,26,28)(H,27,29). The number of hydrogen-bond acceptors (Lipinski definition) is 2. The maximum Gasteiger partial charge on any atom is 0.223 e. The molecule has 2 aromatic carbocycles. The van der Waals surface area contributed by atoms with Crippen molar-refractivity contribution in [2.45, 2.75) is 45.1 Å². The number of halogens is 1. The summed E-state index contributed by atoms with van der Waals surface area (Å²) >= 11 is 0. The lowest BCUT2D eigenvalue weighted by Gasteiger charge is -2.27. The number of carbonyl (C=O) groups excluding carboxylic acids is 2. The molecule has 1 fully saturated rings. The van der Waals surface area contributed by atoms with Gasteiger partial charge in [-0.3, -0.25) is 9.59 Å². The Morgan fingerprint density at radius 3 is 2.00 bits per heavy atom. The van der Waals surface area contributed by atoms with Crippen LogP contribution in [0.1, 0.15) is 43.2 Å². The summed E-state index contributed by atoms with van der Waals surface area (Å²) in [5.74, 6) is -0.179. The molecule has 29 heavy (non-hydrogen) atoms. The van der Waals surface area contributed by atoms with E-state index in [0.29, 0.717) is 13.1 Å². The van der Waals surface area contributed by atoms with Crippen LogP contribution < -0.4 is 10.6 Å². The van der Waals surface area contributed by atoms with Gasteiger partial charge in [-0.25, -0.2) is 4.39 Å². The highest BCUT2D eigenvalue weighted by molar-refractivity contribution is 5.81. The van der Waals surface area contributed by atoms with Gasteiger partial charge in [0, 0.05) is 24.9 Å². The molecule has 1 saturated carbocycles. The molecular weight excluding hydrogens is 367 g/mol. The van der Waals surface area contributed by atoms with Crippen LogP contribution in [-0.2, 0) is 22.6 Å². The normalized spacial score (nSPS) is 18.8. The van der Waals surface area contributed by atoms with Crippen molar-refractivity contribution in [1.82, 2.24) is 10.6 Å². The Hall–Kier alpha value is -2.69. The van der Waals surface area contributed by atoms with Crippen LogP contribution in [0.5, 0.6) is 0 Å². The van der Waals surface area contributed by atoms with Gasteiger partial charge in [0.15, 0.2) is 0 Å². The quantitative estimate of drug-likeness (QED) is 0.663. The van der Waals surface area contributed by atoms with E-state index in [-0.39, 0.29) is 29.5 Å². The summed E-state index contributed by atoms with van der Waals surface area (Å²) in [4.78, 5) is 24.8. The zero-order chi connectivity index (χ0) is 20.5. The highest BCUT2D eigenvalue weighted by Crippen LogP contribution is 2.29. The highest BCUT2D eigenvalue weighted by Gasteiger charge is 2.29. The molecule has 0 atom stereocenters. The van der Waals surface area contributed by atoms with Crippen molar-refractivity contribution < 1.29 is 14.0 Å². The fourth-order valence-corrected chi connectivity index (χ4v) is 3.85. The van der Waals surface area contributed by atoms with E-state index in [9.17, 15) is 14.0 Å². The first-order valence-corrected chi connectivity index (χ1v) is 10.5. The van der Waals surface area contributed by atoms with Crippen LogP contribution >= 0.6 is 0 Å². The molecule has 154 valence electrons. The van der Waals surface area contributed by atoms with Crippen LogP contribution in [0.2, 0.25) is 0 Å². The molecule has 0 spiro atoms. The van der Waals surface area contributed by atoms with Crippen LogP contribution in [0, 0.1) is 17.7 Å². The molecule has 0 radical (unpaired) electrons.